The average molecular weight is 425 g/mol. The van der Waals surface area contributed by atoms with Crippen molar-refractivity contribution in [3.8, 4) is 6.01 Å². The summed E-state index contributed by atoms with van der Waals surface area (Å²) in [5.74, 6) is -0.344. The van der Waals surface area contributed by atoms with Crippen LogP contribution in [0.4, 0.5) is 0 Å². The minimum absolute atomic E-state index is 0.0401. The van der Waals surface area contributed by atoms with Crippen molar-refractivity contribution in [2.75, 3.05) is 19.8 Å². The number of aryl methyl sites for hydroxylation is 1. The number of benzene rings is 1. The third-order valence-corrected chi connectivity index (χ3v) is 5.71. The van der Waals surface area contributed by atoms with E-state index in [9.17, 15) is 9.59 Å². The Hall–Kier alpha value is -3.29. The highest BCUT2D eigenvalue weighted by molar-refractivity contribution is 5.94. The van der Waals surface area contributed by atoms with E-state index in [2.05, 4.69) is 9.97 Å². The second-order valence-electron chi connectivity index (χ2n) is 7.78. The van der Waals surface area contributed by atoms with Crippen LogP contribution in [0, 0.1) is 0 Å². The Morgan fingerprint density at radius 1 is 1.26 bits per heavy atom. The summed E-state index contributed by atoms with van der Waals surface area (Å²) < 4.78 is 12.7. The Balaban J connectivity index is 1.36. The van der Waals surface area contributed by atoms with E-state index in [0.29, 0.717) is 30.3 Å². The van der Waals surface area contributed by atoms with Crippen molar-refractivity contribution >= 4 is 22.9 Å². The molecule has 1 aromatic carbocycles. The summed E-state index contributed by atoms with van der Waals surface area (Å²) in [5, 5.41) is 0. The summed E-state index contributed by atoms with van der Waals surface area (Å²) in [5.41, 5.74) is 2.60. The molecule has 1 aliphatic heterocycles. The van der Waals surface area contributed by atoms with Gasteiger partial charge in [0.05, 0.1) is 29.8 Å². The van der Waals surface area contributed by atoms with Gasteiger partial charge in [0.25, 0.3) is 11.9 Å². The Morgan fingerprint density at radius 3 is 2.90 bits per heavy atom. The number of nitrogens with one attached hydrogen (secondary N) is 1. The number of aromatic amines is 1. The van der Waals surface area contributed by atoms with Crippen molar-refractivity contribution in [1.82, 2.24) is 19.4 Å². The van der Waals surface area contributed by atoms with E-state index in [1.807, 2.05) is 41.8 Å². The fourth-order valence-electron chi connectivity index (χ4n) is 4.09. The van der Waals surface area contributed by atoms with Crippen molar-refractivity contribution in [3.63, 3.8) is 0 Å². The van der Waals surface area contributed by atoms with Crippen molar-refractivity contribution in [2.45, 2.75) is 38.6 Å². The van der Waals surface area contributed by atoms with E-state index in [1.165, 1.54) is 0 Å². The number of nitrogens with zero attached hydrogens (tertiary/aromatic N) is 3. The number of imidazole rings is 1. The molecule has 8 nitrogen and oxygen atoms in total. The van der Waals surface area contributed by atoms with Crippen LogP contribution in [0.1, 0.15) is 53.5 Å². The van der Waals surface area contributed by atoms with Crippen LogP contribution in [-0.2, 0) is 11.8 Å². The Kier molecular flexibility index (Phi) is 6.25. The van der Waals surface area contributed by atoms with E-state index in [4.69, 9.17) is 9.47 Å². The predicted molar refractivity (Wildman–Crippen MR) is 116 cm³/mol. The standard InChI is InChI=1S/C23H28N4O4/c1-3-30-23-24-18-10-9-16(15-19(18)25-23)22(29)31-14-11-17-7-4-5-13-27(17)21(28)20-8-6-12-26(20)2/h6,8-10,12,15,17H,3-5,7,11,13-14H2,1-2H3,(H,24,25)/t17-/m1/s1. The first kappa shape index (κ1) is 21.0. The van der Waals surface area contributed by atoms with Gasteiger partial charge in [-0.2, -0.15) is 4.98 Å². The van der Waals surface area contributed by atoms with Crippen molar-refractivity contribution in [1.29, 1.82) is 0 Å². The number of piperidine rings is 1. The monoisotopic (exact) mass is 424 g/mol. The van der Waals surface area contributed by atoms with Gasteiger partial charge in [-0.25, -0.2) is 4.79 Å². The lowest BCUT2D eigenvalue weighted by Gasteiger charge is -2.35. The highest BCUT2D eigenvalue weighted by atomic mass is 16.5. The van der Waals surface area contributed by atoms with Gasteiger partial charge in [-0.05, 0) is 56.5 Å². The molecule has 0 spiro atoms. The van der Waals surface area contributed by atoms with Crippen LogP contribution in [0.3, 0.4) is 0 Å². The molecule has 0 saturated carbocycles. The van der Waals surface area contributed by atoms with Crippen molar-refractivity contribution in [3.05, 3.63) is 47.8 Å². The number of likely N-dealkylation sites (tertiary alicyclic amines) is 1. The fraction of sp³-hybridized carbons (Fsp3) is 0.435. The number of esters is 1. The summed E-state index contributed by atoms with van der Waals surface area (Å²) in [6, 6.07) is 9.42. The number of hydrogen-bond acceptors (Lipinski definition) is 5. The molecule has 0 aliphatic carbocycles. The summed E-state index contributed by atoms with van der Waals surface area (Å²) in [4.78, 5) is 34.8. The van der Waals surface area contributed by atoms with Gasteiger partial charge in [-0.15, -0.1) is 0 Å². The Bertz CT molecular complexity index is 1070. The normalized spacial score (nSPS) is 16.5. The molecular weight excluding hydrogens is 396 g/mol. The van der Waals surface area contributed by atoms with Crippen LogP contribution < -0.4 is 4.74 Å². The molecule has 1 atom stereocenters. The maximum absolute atomic E-state index is 13.0. The molecule has 3 heterocycles. The zero-order valence-corrected chi connectivity index (χ0v) is 18.0. The fourth-order valence-corrected chi connectivity index (χ4v) is 4.09. The van der Waals surface area contributed by atoms with E-state index in [1.54, 1.807) is 18.2 Å². The first-order valence-corrected chi connectivity index (χ1v) is 10.8. The number of H-pyrrole nitrogens is 1. The van der Waals surface area contributed by atoms with Gasteiger partial charge < -0.3 is 23.9 Å². The predicted octanol–water partition coefficient (Wildman–Crippen LogP) is 3.54. The van der Waals surface area contributed by atoms with Crippen LogP contribution in [0.25, 0.3) is 11.0 Å². The molecule has 1 aliphatic rings. The second-order valence-corrected chi connectivity index (χ2v) is 7.78. The molecule has 164 valence electrons. The van der Waals surface area contributed by atoms with Crippen LogP contribution in [0.2, 0.25) is 0 Å². The lowest BCUT2D eigenvalue weighted by Crippen LogP contribution is -2.44. The Labute approximate surface area is 181 Å². The van der Waals surface area contributed by atoms with Gasteiger partial charge in [-0.1, -0.05) is 0 Å². The SMILES string of the molecule is CCOc1nc2ccc(C(=O)OCC[C@H]3CCCCN3C(=O)c3cccn3C)cc2[nH]1. The number of carbonyl (C=O) groups excluding carboxylic acids is 2. The van der Waals surface area contributed by atoms with Crippen LogP contribution in [0.5, 0.6) is 6.01 Å². The zero-order valence-electron chi connectivity index (χ0n) is 18.0. The minimum Gasteiger partial charge on any atom is -0.465 e. The molecule has 0 radical (unpaired) electrons. The quantitative estimate of drug-likeness (QED) is 0.586. The smallest absolute Gasteiger partial charge is 0.338 e. The largest absolute Gasteiger partial charge is 0.465 e. The average Bonchev–Trinajstić information content (AvgIpc) is 3.38. The topological polar surface area (TPSA) is 89.4 Å². The maximum atomic E-state index is 13.0. The van der Waals surface area contributed by atoms with Gasteiger partial charge in [0.15, 0.2) is 0 Å². The van der Waals surface area contributed by atoms with Gasteiger partial charge >= 0.3 is 5.97 Å². The number of carbonyl (C=O) groups is 2. The number of aromatic nitrogens is 3. The maximum Gasteiger partial charge on any atom is 0.338 e. The summed E-state index contributed by atoms with van der Waals surface area (Å²) in [6.07, 6.45) is 5.51. The van der Waals surface area contributed by atoms with E-state index < -0.39 is 0 Å². The van der Waals surface area contributed by atoms with Crippen molar-refractivity contribution in [2.24, 2.45) is 7.05 Å². The van der Waals surface area contributed by atoms with E-state index in [0.717, 1.165) is 36.8 Å². The van der Waals surface area contributed by atoms with E-state index in [-0.39, 0.29) is 24.5 Å². The summed E-state index contributed by atoms with van der Waals surface area (Å²) >= 11 is 0. The second kappa shape index (κ2) is 9.24. The summed E-state index contributed by atoms with van der Waals surface area (Å²) in [7, 11) is 1.88. The molecular formula is C23H28N4O4. The molecule has 4 rings (SSSR count). The Morgan fingerprint density at radius 2 is 2.13 bits per heavy atom. The third-order valence-electron chi connectivity index (χ3n) is 5.71. The first-order valence-electron chi connectivity index (χ1n) is 10.8. The molecule has 0 bridgehead atoms. The number of hydrogen-bond donors (Lipinski definition) is 1. The van der Waals surface area contributed by atoms with Crippen LogP contribution in [-0.4, -0.2) is 57.1 Å². The van der Waals surface area contributed by atoms with Crippen LogP contribution >= 0.6 is 0 Å². The number of fused-ring (bicyclic) bond motifs is 1. The highest BCUT2D eigenvalue weighted by Crippen LogP contribution is 2.23. The molecule has 1 fully saturated rings. The van der Waals surface area contributed by atoms with Gasteiger partial charge in [-0.3, -0.25) is 4.79 Å². The van der Waals surface area contributed by atoms with Crippen molar-refractivity contribution < 1.29 is 19.1 Å². The molecule has 3 aromatic rings. The molecule has 1 N–H and O–H groups in total. The molecule has 31 heavy (non-hydrogen) atoms. The lowest BCUT2D eigenvalue weighted by molar-refractivity contribution is 0.0406. The molecule has 1 amide bonds. The molecule has 1 saturated heterocycles. The lowest BCUT2D eigenvalue weighted by atomic mass is 9.99. The zero-order chi connectivity index (χ0) is 21.8. The summed E-state index contributed by atoms with van der Waals surface area (Å²) in [6.45, 7) is 3.41. The molecule has 0 unspecified atom stereocenters. The highest BCUT2D eigenvalue weighted by Gasteiger charge is 2.28. The van der Waals surface area contributed by atoms with Gasteiger partial charge in [0.1, 0.15) is 5.69 Å². The first-order chi connectivity index (χ1) is 15.1. The third kappa shape index (κ3) is 4.57. The van der Waals surface area contributed by atoms with Crippen LogP contribution in [0.15, 0.2) is 36.5 Å². The van der Waals surface area contributed by atoms with Gasteiger partial charge in [0.2, 0.25) is 0 Å². The number of amides is 1. The number of rotatable bonds is 7. The van der Waals surface area contributed by atoms with Gasteiger partial charge in [0, 0.05) is 32.3 Å². The molecule has 8 heteroatoms. The minimum atomic E-state index is -0.384. The molecule has 2 aromatic heterocycles. The number of ether oxygens (including phenoxy) is 2. The van der Waals surface area contributed by atoms with E-state index >= 15 is 0 Å².